The maximum absolute atomic E-state index is 11.7. The van der Waals surface area contributed by atoms with Gasteiger partial charge in [0.05, 0.1) is 12.1 Å². The minimum Gasteiger partial charge on any atom is -0.481 e. The molecule has 0 bridgehead atoms. The van der Waals surface area contributed by atoms with E-state index >= 15 is 0 Å². The predicted molar refractivity (Wildman–Crippen MR) is 55.0 cm³/mol. The van der Waals surface area contributed by atoms with E-state index in [0.29, 0.717) is 11.3 Å². The molecule has 0 atom stereocenters. The Morgan fingerprint density at radius 3 is 2.62 bits per heavy atom. The Morgan fingerprint density at radius 2 is 2.19 bits per heavy atom. The summed E-state index contributed by atoms with van der Waals surface area (Å²) in [6, 6.07) is 0. The van der Waals surface area contributed by atoms with Gasteiger partial charge < -0.3 is 14.9 Å². The molecule has 2 N–H and O–H groups in total. The molecule has 0 radical (unpaired) electrons. The summed E-state index contributed by atoms with van der Waals surface area (Å²) in [5.74, 6) is -1.35. The number of carboxylic acids is 1. The van der Waals surface area contributed by atoms with E-state index in [1.54, 1.807) is 20.8 Å². The first kappa shape index (κ1) is 12.2. The number of carbonyl (C=O) groups is 2. The largest absolute Gasteiger partial charge is 0.481 e. The van der Waals surface area contributed by atoms with Crippen molar-refractivity contribution in [3.05, 3.63) is 17.5 Å². The number of aryl methyl sites for hydroxylation is 1. The van der Waals surface area contributed by atoms with E-state index in [1.807, 2.05) is 0 Å². The molecule has 0 aromatic carbocycles. The lowest BCUT2D eigenvalue weighted by molar-refractivity contribution is -0.138. The van der Waals surface area contributed by atoms with E-state index in [-0.39, 0.29) is 12.3 Å². The maximum atomic E-state index is 11.7. The highest BCUT2D eigenvalue weighted by atomic mass is 16.5. The van der Waals surface area contributed by atoms with Gasteiger partial charge >= 0.3 is 5.97 Å². The molecule has 1 heterocycles. The summed E-state index contributed by atoms with van der Waals surface area (Å²) >= 11 is 0. The molecular weight excluding hydrogens is 212 g/mol. The smallest absolute Gasteiger partial charge is 0.305 e. The summed E-state index contributed by atoms with van der Waals surface area (Å²) in [5, 5.41) is 14.9. The minimum atomic E-state index is -0.965. The second kappa shape index (κ2) is 4.34. The molecule has 0 saturated heterocycles. The quantitative estimate of drug-likeness (QED) is 0.797. The van der Waals surface area contributed by atoms with E-state index in [9.17, 15) is 9.59 Å². The van der Waals surface area contributed by atoms with Gasteiger partial charge in [-0.25, -0.2) is 0 Å². The Balaban J connectivity index is 2.71. The normalized spacial score (nSPS) is 11.2. The molecule has 88 valence electrons. The van der Waals surface area contributed by atoms with Crippen LogP contribution in [0, 0.1) is 6.92 Å². The summed E-state index contributed by atoms with van der Waals surface area (Å²) < 4.78 is 4.63. The van der Waals surface area contributed by atoms with Gasteiger partial charge in [-0.2, -0.15) is 0 Å². The van der Waals surface area contributed by atoms with Crippen LogP contribution in [-0.4, -0.2) is 27.7 Å². The van der Waals surface area contributed by atoms with Crippen LogP contribution in [0.25, 0.3) is 0 Å². The lowest BCUT2D eigenvalue weighted by Gasteiger charge is -2.23. The number of nitrogens with zero attached hydrogens (tertiary/aromatic N) is 1. The third-order valence-corrected chi connectivity index (χ3v) is 2.04. The molecule has 16 heavy (non-hydrogen) atoms. The molecule has 6 nitrogen and oxygen atoms in total. The zero-order valence-corrected chi connectivity index (χ0v) is 9.40. The number of carbonyl (C=O) groups excluding carboxylic acids is 1. The Bertz CT molecular complexity index is 409. The van der Waals surface area contributed by atoms with Crippen molar-refractivity contribution in [3.8, 4) is 0 Å². The van der Waals surface area contributed by atoms with Crippen molar-refractivity contribution in [3.63, 3.8) is 0 Å². The molecule has 1 rings (SSSR count). The standard InChI is InChI=1S/C10H14N2O4/c1-6-7(5-16-12-6)9(15)11-10(2,3)4-8(13)14/h5H,4H2,1-3H3,(H,11,15)(H,13,14). The molecule has 0 spiro atoms. The van der Waals surface area contributed by atoms with Gasteiger partial charge in [-0.05, 0) is 20.8 Å². The van der Waals surface area contributed by atoms with Crippen molar-refractivity contribution in [1.29, 1.82) is 0 Å². The van der Waals surface area contributed by atoms with Crippen LogP contribution in [0.15, 0.2) is 10.8 Å². The molecule has 1 aromatic heterocycles. The van der Waals surface area contributed by atoms with E-state index in [4.69, 9.17) is 5.11 Å². The van der Waals surface area contributed by atoms with Gasteiger partial charge in [0.1, 0.15) is 11.8 Å². The zero-order chi connectivity index (χ0) is 12.3. The highest BCUT2D eigenvalue weighted by molar-refractivity contribution is 5.95. The molecule has 0 aliphatic rings. The maximum Gasteiger partial charge on any atom is 0.305 e. The van der Waals surface area contributed by atoms with Crippen molar-refractivity contribution in [1.82, 2.24) is 10.5 Å². The zero-order valence-electron chi connectivity index (χ0n) is 9.40. The van der Waals surface area contributed by atoms with E-state index < -0.39 is 11.5 Å². The van der Waals surface area contributed by atoms with Crippen LogP contribution in [0.2, 0.25) is 0 Å². The highest BCUT2D eigenvalue weighted by Gasteiger charge is 2.25. The predicted octanol–water partition coefficient (Wildman–Crippen LogP) is 0.966. The SMILES string of the molecule is Cc1nocc1C(=O)NC(C)(C)CC(=O)O. The molecule has 1 amide bonds. The summed E-state index contributed by atoms with van der Waals surface area (Å²) in [6.45, 7) is 4.92. The van der Waals surface area contributed by atoms with Crippen LogP contribution in [0.3, 0.4) is 0 Å². The fraction of sp³-hybridized carbons (Fsp3) is 0.500. The number of nitrogens with one attached hydrogen (secondary N) is 1. The first-order valence-corrected chi connectivity index (χ1v) is 4.77. The Hall–Kier alpha value is -1.85. The number of amides is 1. The first-order valence-electron chi connectivity index (χ1n) is 4.77. The van der Waals surface area contributed by atoms with E-state index in [0.717, 1.165) is 0 Å². The second-order valence-corrected chi connectivity index (χ2v) is 4.22. The van der Waals surface area contributed by atoms with Gasteiger partial charge in [-0.1, -0.05) is 5.16 Å². The average molecular weight is 226 g/mol. The lowest BCUT2D eigenvalue weighted by Crippen LogP contribution is -2.45. The van der Waals surface area contributed by atoms with Gasteiger partial charge in [-0.15, -0.1) is 0 Å². The second-order valence-electron chi connectivity index (χ2n) is 4.22. The van der Waals surface area contributed by atoms with Crippen LogP contribution in [0.5, 0.6) is 0 Å². The fourth-order valence-electron chi connectivity index (χ4n) is 1.31. The number of aliphatic carboxylic acids is 1. The van der Waals surface area contributed by atoms with Crippen molar-refractivity contribution in [2.75, 3.05) is 0 Å². The van der Waals surface area contributed by atoms with Gasteiger partial charge in [0.15, 0.2) is 0 Å². The molecule has 0 fully saturated rings. The van der Waals surface area contributed by atoms with Gasteiger partial charge in [-0.3, -0.25) is 9.59 Å². The fourth-order valence-corrected chi connectivity index (χ4v) is 1.31. The van der Waals surface area contributed by atoms with Crippen LogP contribution < -0.4 is 5.32 Å². The van der Waals surface area contributed by atoms with Crippen molar-refractivity contribution in [2.45, 2.75) is 32.7 Å². The van der Waals surface area contributed by atoms with Crippen molar-refractivity contribution in [2.24, 2.45) is 0 Å². The van der Waals surface area contributed by atoms with Gasteiger partial charge in [0.2, 0.25) is 0 Å². The lowest BCUT2D eigenvalue weighted by atomic mass is 10.0. The number of rotatable bonds is 4. The van der Waals surface area contributed by atoms with Gasteiger partial charge in [0, 0.05) is 5.54 Å². The van der Waals surface area contributed by atoms with Gasteiger partial charge in [0.25, 0.3) is 5.91 Å². The minimum absolute atomic E-state index is 0.150. The summed E-state index contributed by atoms with van der Waals surface area (Å²) in [6.07, 6.45) is 1.09. The van der Waals surface area contributed by atoms with Crippen LogP contribution in [0.4, 0.5) is 0 Å². The van der Waals surface area contributed by atoms with E-state index in [1.165, 1.54) is 6.26 Å². The molecule has 0 unspecified atom stereocenters. The molecule has 6 heteroatoms. The third-order valence-electron chi connectivity index (χ3n) is 2.04. The Kier molecular flexibility index (Phi) is 3.31. The molecular formula is C10H14N2O4. The van der Waals surface area contributed by atoms with Crippen LogP contribution in [-0.2, 0) is 4.79 Å². The van der Waals surface area contributed by atoms with E-state index in [2.05, 4.69) is 15.0 Å². The highest BCUT2D eigenvalue weighted by Crippen LogP contribution is 2.11. The van der Waals surface area contributed by atoms with Crippen LogP contribution >= 0.6 is 0 Å². The molecule has 1 aromatic rings. The Labute approximate surface area is 92.6 Å². The van der Waals surface area contributed by atoms with Crippen LogP contribution in [0.1, 0.15) is 36.3 Å². The van der Waals surface area contributed by atoms with Crippen molar-refractivity contribution < 1.29 is 19.2 Å². The third kappa shape index (κ3) is 3.08. The monoisotopic (exact) mass is 226 g/mol. The number of carboxylic acid groups (broad SMARTS) is 1. The topological polar surface area (TPSA) is 92.4 Å². The van der Waals surface area contributed by atoms with Crippen molar-refractivity contribution >= 4 is 11.9 Å². The summed E-state index contributed by atoms with van der Waals surface area (Å²) in [7, 11) is 0. The number of hydrogen-bond acceptors (Lipinski definition) is 4. The number of hydrogen-bond donors (Lipinski definition) is 2. The summed E-state index contributed by atoms with van der Waals surface area (Å²) in [5.41, 5.74) is -0.0193. The first-order chi connectivity index (χ1) is 7.32. The molecule has 0 saturated carbocycles. The number of aromatic nitrogens is 1. The molecule has 0 aliphatic heterocycles. The summed E-state index contributed by atoms with van der Waals surface area (Å²) in [4.78, 5) is 22.3. The Morgan fingerprint density at radius 1 is 1.56 bits per heavy atom. The average Bonchev–Trinajstić information content (AvgIpc) is 2.47. The molecule has 0 aliphatic carbocycles.